The molecule has 1 aromatic carbocycles. The Morgan fingerprint density at radius 1 is 1.21 bits per heavy atom. The number of nitrogens with one attached hydrogen (secondary N) is 1. The van der Waals surface area contributed by atoms with Crippen molar-refractivity contribution in [2.75, 3.05) is 65.0 Å². The lowest BCUT2D eigenvalue weighted by Crippen LogP contribution is -2.53. The molecule has 0 spiro atoms. The van der Waals surface area contributed by atoms with Gasteiger partial charge >= 0.3 is 0 Å². The maximum Gasteiger partial charge on any atom is 0.193 e. The number of anilines is 1. The summed E-state index contributed by atoms with van der Waals surface area (Å²) in [4.78, 5) is 9.31. The number of guanidine groups is 1. The van der Waals surface area contributed by atoms with Crippen LogP contribution in [0.3, 0.4) is 0 Å². The quantitative estimate of drug-likeness (QED) is 0.256. The minimum atomic E-state index is 0. The molecule has 2 aliphatic rings. The van der Waals surface area contributed by atoms with Gasteiger partial charge in [-0.2, -0.15) is 0 Å². The number of ether oxygens (including phenoxy) is 2. The fraction of sp³-hybridized carbons (Fsp3) is 0.667. The molecule has 7 heteroatoms. The standard InChI is InChI=1S/C21H34N4O2.HI/c1-4-27-15-10-21(8-9-21)17-23-20(22-2)25-13-11-24(12-14-25)18-6-5-7-19(16-18)26-3;/h5-7,16H,4,8-15,17H2,1-3H3,(H,22,23);1H. The van der Waals surface area contributed by atoms with Crippen LogP contribution in [0.1, 0.15) is 26.2 Å². The summed E-state index contributed by atoms with van der Waals surface area (Å²) in [5, 5.41) is 3.62. The van der Waals surface area contributed by atoms with E-state index in [2.05, 4.69) is 45.2 Å². The number of halogens is 1. The number of methoxy groups -OCH3 is 1. The van der Waals surface area contributed by atoms with Crippen molar-refractivity contribution in [2.45, 2.75) is 26.2 Å². The van der Waals surface area contributed by atoms with Crippen LogP contribution >= 0.6 is 24.0 Å². The van der Waals surface area contributed by atoms with Gasteiger partial charge in [0.1, 0.15) is 5.75 Å². The van der Waals surface area contributed by atoms with Crippen LogP contribution in [0.15, 0.2) is 29.3 Å². The summed E-state index contributed by atoms with van der Waals surface area (Å²) in [7, 11) is 3.60. The number of aliphatic imine (C=N–C) groups is 1. The van der Waals surface area contributed by atoms with Crippen molar-refractivity contribution in [3.8, 4) is 5.75 Å². The molecule has 0 bridgehead atoms. The molecule has 1 saturated carbocycles. The first-order chi connectivity index (χ1) is 13.2. The average molecular weight is 502 g/mol. The van der Waals surface area contributed by atoms with Crippen molar-refractivity contribution in [2.24, 2.45) is 10.4 Å². The smallest absolute Gasteiger partial charge is 0.193 e. The van der Waals surface area contributed by atoms with Crippen LogP contribution in [0.25, 0.3) is 0 Å². The van der Waals surface area contributed by atoms with E-state index < -0.39 is 0 Å². The fourth-order valence-corrected chi connectivity index (χ4v) is 3.71. The predicted molar refractivity (Wildman–Crippen MR) is 126 cm³/mol. The number of piperazine rings is 1. The lowest BCUT2D eigenvalue weighted by atomic mass is 10.0. The molecule has 0 unspecified atom stereocenters. The highest BCUT2D eigenvalue weighted by Crippen LogP contribution is 2.48. The highest BCUT2D eigenvalue weighted by molar-refractivity contribution is 14.0. The second kappa shape index (κ2) is 11.1. The summed E-state index contributed by atoms with van der Waals surface area (Å²) in [5.41, 5.74) is 1.65. The largest absolute Gasteiger partial charge is 0.497 e. The van der Waals surface area contributed by atoms with Crippen molar-refractivity contribution >= 4 is 35.6 Å². The number of hydrogen-bond donors (Lipinski definition) is 1. The maximum atomic E-state index is 5.55. The molecular formula is C21H35IN4O2. The maximum absolute atomic E-state index is 5.55. The molecule has 1 aliphatic carbocycles. The summed E-state index contributed by atoms with van der Waals surface area (Å²) in [6.45, 7) is 8.67. The molecule has 28 heavy (non-hydrogen) atoms. The Morgan fingerprint density at radius 3 is 2.57 bits per heavy atom. The van der Waals surface area contributed by atoms with Gasteiger partial charge < -0.3 is 24.6 Å². The van der Waals surface area contributed by atoms with Crippen LogP contribution in [-0.2, 0) is 4.74 Å². The lowest BCUT2D eigenvalue weighted by Gasteiger charge is -2.38. The van der Waals surface area contributed by atoms with E-state index >= 15 is 0 Å². The third kappa shape index (κ3) is 6.14. The van der Waals surface area contributed by atoms with Gasteiger partial charge in [0.25, 0.3) is 0 Å². The third-order valence-corrected chi connectivity index (χ3v) is 5.77. The molecular weight excluding hydrogens is 467 g/mol. The van der Waals surface area contributed by atoms with E-state index in [9.17, 15) is 0 Å². The van der Waals surface area contributed by atoms with Crippen molar-refractivity contribution in [3.05, 3.63) is 24.3 Å². The molecule has 2 fully saturated rings. The van der Waals surface area contributed by atoms with Gasteiger partial charge in [0.15, 0.2) is 5.96 Å². The zero-order chi connectivity index (χ0) is 19.1. The zero-order valence-corrected chi connectivity index (χ0v) is 19.8. The monoisotopic (exact) mass is 502 g/mol. The second-order valence-electron chi connectivity index (χ2n) is 7.52. The first-order valence-electron chi connectivity index (χ1n) is 10.1. The molecule has 1 heterocycles. The molecule has 1 aliphatic heterocycles. The molecule has 0 radical (unpaired) electrons. The van der Waals surface area contributed by atoms with Crippen molar-refractivity contribution in [1.82, 2.24) is 10.2 Å². The van der Waals surface area contributed by atoms with Gasteiger partial charge in [0, 0.05) is 64.7 Å². The van der Waals surface area contributed by atoms with Crippen molar-refractivity contribution in [1.29, 1.82) is 0 Å². The topological polar surface area (TPSA) is 49.3 Å². The second-order valence-corrected chi connectivity index (χ2v) is 7.52. The van der Waals surface area contributed by atoms with Gasteiger partial charge in [-0.05, 0) is 43.7 Å². The Hall–Kier alpha value is -1.22. The molecule has 1 aromatic rings. The Labute approximate surface area is 186 Å². The molecule has 158 valence electrons. The predicted octanol–water partition coefficient (Wildman–Crippen LogP) is 3.22. The number of rotatable bonds is 8. The van der Waals surface area contributed by atoms with Gasteiger partial charge in [-0.25, -0.2) is 0 Å². The highest BCUT2D eigenvalue weighted by atomic mass is 127. The van der Waals surface area contributed by atoms with Gasteiger partial charge in [-0.1, -0.05) is 6.07 Å². The minimum absolute atomic E-state index is 0. The summed E-state index contributed by atoms with van der Waals surface area (Å²) < 4.78 is 10.9. The Bertz CT molecular complexity index is 629. The molecule has 1 saturated heterocycles. The zero-order valence-electron chi connectivity index (χ0n) is 17.4. The van der Waals surface area contributed by atoms with Crippen LogP contribution in [0.4, 0.5) is 5.69 Å². The number of hydrogen-bond acceptors (Lipinski definition) is 4. The number of benzene rings is 1. The van der Waals surface area contributed by atoms with Crippen LogP contribution in [0.2, 0.25) is 0 Å². The lowest BCUT2D eigenvalue weighted by molar-refractivity contribution is 0.128. The van der Waals surface area contributed by atoms with Gasteiger partial charge in [-0.3, -0.25) is 4.99 Å². The van der Waals surface area contributed by atoms with Crippen LogP contribution in [0, 0.1) is 5.41 Å². The van der Waals surface area contributed by atoms with Crippen LogP contribution in [-0.4, -0.2) is 71.0 Å². The van der Waals surface area contributed by atoms with Gasteiger partial charge in [0.05, 0.1) is 7.11 Å². The van der Waals surface area contributed by atoms with E-state index in [1.54, 1.807) is 7.11 Å². The Morgan fingerprint density at radius 2 is 1.96 bits per heavy atom. The summed E-state index contributed by atoms with van der Waals surface area (Å²) >= 11 is 0. The SMILES string of the molecule is CCOCCC1(CNC(=NC)N2CCN(c3cccc(OC)c3)CC2)CC1.I. The first kappa shape index (κ1) is 23.1. The minimum Gasteiger partial charge on any atom is -0.497 e. The molecule has 3 rings (SSSR count). The third-order valence-electron chi connectivity index (χ3n) is 5.77. The van der Waals surface area contributed by atoms with Gasteiger partial charge in [0.2, 0.25) is 0 Å². The number of nitrogens with zero attached hydrogens (tertiary/aromatic N) is 3. The van der Waals surface area contributed by atoms with Gasteiger partial charge in [-0.15, -0.1) is 24.0 Å². The highest BCUT2D eigenvalue weighted by Gasteiger charge is 2.42. The first-order valence-corrected chi connectivity index (χ1v) is 10.1. The summed E-state index contributed by atoms with van der Waals surface area (Å²) in [5.74, 6) is 1.94. The molecule has 0 amide bonds. The molecule has 1 N–H and O–H groups in total. The Kier molecular flexibility index (Phi) is 9.14. The van der Waals surface area contributed by atoms with E-state index in [1.165, 1.54) is 18.5 Å². The van der Waals surface area contributed by atoms with E-state index in [4.69, 9.17) is 9.47 Å². The van der Waals surface area contributed by atoms with E-state index in [-0.39, 0.29) is 24.0 Å². The molecule has 0 atom stereocenters. The fourth-order valence-electron chi connectivity index (χ4n) is 3.71. The molecule has 0 aromatic heterocycles. The molecule has 6 nitrogen and oxygen atoms in total. The van der Waals surface area contributed by atoms with Crippen LogP contribution < -0.4 is 15.0 Å². The van der Waals surface area contributed by atoms with E-state index in [0.717, 1.165) is 64.1 Å². The normalized spacial score (nSPS) is 18.5. The van der Waals surface area contributed by atoms with Crippen LogP contribution in [0.5, 0.6) is 5.75 Å². The Balaban J connectivity index is 0.00000280. The average Bonchev–Trinajstić information content (AvgIpc) is 3.49. The van der Waals surface area contributed by atoms with E-state index in [1.807, 2.05) is 13.1 Å². The van der Waals surface area contributed by atoms with Crippen molar-refractivity contribution < 1.29 is 9.47 Å². The summed E-state index contributed by atoms with van der Waals surface area (Å²) in [6, 6.07) is 8.31. The van der Waals surface area contributed by atoms with Crippen molar-refractivity contribution in [3.63, 3.8) is 0 Å². The summed E-state index contributed by atoms with van der Waals surface area (Å²) in [6.07, 6.45) is 3.75. The van der Waals surface area contributed by atoms with E-state index in [0.29, 0.717) is 5.41 Å².